The van der Waals surface area contributed by atoms with Gasteiger partial charge in [-0.25, -0.2) is 0 Å². The van der Waals surface area contributed by atoms with Crippen molar-refractivity contribution in [2.24, 2.45) is 57.7 Å². The van der Waals surface area contributed by atoms with Crippen molar-refractivity contribution >= 4 is 11.8 Å². The number of aliphatic hydroxyl groups is 2. The monoisotopic (exact) mass is 488 g/mol. The van der Waals surface area contributed by atoms with Gasteiger partial charge in [-0.2, -0.15) is 0 Å². The maximum atomic E-state index is 12.2. The number of aliphatic hydroxyl groups excluding tert-OH is 2. The van der Waals surface area contributed by atoms with E-state index in [1.807, 2.05) is 6.92 Å². The molecule has 198 valence electrons. The molecule has 0 radical (unpaired) electrons. The van der Waals surface area contributed by atoms with Crippen LogP contribution in [0.5, 0.6) is 0 Å². The van der Waals surface area contributed by atoms with Crippen molar-refractivity contribution in [2.45, 2.75) is 106 Å². The van der Waals surface area contributed by atoms with E-state index in [0.29, 0.717) is 53.9 Å². The summed E-state index contributed by atoms with van der Waals surface area (Å²) >= 11 is 0. The number of carboxylic acids is 1. The molecular formula is C30H48O5. The average Bonchev–Trinajstić information content (AvgIpc) is 3.36. The molecule has 0 spiro atoms. The van der Waals surface area contributed by atoms with Gasteiger partial charge in [-0.1, -0.05) is 48.5 Å². The third kappa shape index (κ3) is 4.23. The summed E-state index contributed by atoms with van der Waals surface area (Å²) in [4.78, 5) is 24.3. The first-order chi connectivity index (χ1) is 16.2. The summed E-state index contributed by atoms with van der Waals surface area (Å²) in [5, 5.41) is 32.8. The molecule has 5 heteroatoms. The Balaban J connectivity index is 1.62. The van der Waals surface area contributed by atoms with Crippen LogP contribution in [0.15, 0.2) is 11.6 Å². The summed E-state index contributed by atoms with van der Waals surface area (Å²) in [6.07, 6.45) is 4.67. The molecule has 35 heavy (non-hydrogen) atoms. The number of aliphatic carboxylic acids is 1. The normalized spacial score (nSPS) is 47.3. The fourth-order valence-electron chi connectivity index (χ4n) is 9.32. The molecule has 3 fully saturated rings. The van der Waals surface area contributed by atoms with Crippen LogP contribution in [0.25, 0.3) is 0 Å². The van der Waals surface area contributed by atoms with Crippen LogP contribution in [-0.4, -0.2) is 39.3 Å². The average molecular weight is 489 g/mol. The lowest BCUT2D eigenvalue weighted by molar-refractivity contribution is -0.145. The zero-order valence-electron chi connectivity index (χ0n) is 22.9. The second-order valence-corrected chi connectivity index (χ2v) is 13.9. The first-order valence-corrected chi connectivity index (χ1v) is 14.0. The maximum absolute atomic E-state index is 12.2. The first kappa shape index (κ1) is 26.9. The van der Waals surface area contributed by atoms with Crippen LogP contribution in [0.4, 0.5) is 0 Å². The molecule has 0 aromatic carbocycles. The van der Waals surface area contributed by atoms with Crippen LogP contribution in [0.1, 0.15) is 93.4 Å². The highest BCUT2D eigenvalue weighted by Gasteiger charge is 2.63. The third-order valence-electron chi connectivity index (χ3n) is 12.0. The topological polar surface area (TPSA) is 94.8 Å². The van der Waals surface area contributed by atoms with Crippen LogP contribution < -0.4 is 0 Å². The quantitative estimate of drug-likeness (QED) is 0.441. The zero-order valence-corrected chi connectivity index (χ0v) is 22.9. The number of carboxylic acid groups (broad SMARTS) is 1. The van der Waals surface area contributed by atoms with Crippen molar-refractivity contribution < 1.29 is 24.9 Å². The Morgan fingerprint density at radius 1 is 1.09 bits per heavy atom. The summed E-state index contributed by atoms with van der Waals surface area (Å²) in [5.41, 5.74) is -0.0514. The standard InChI is InChI=1S/C30H48O5/c1-16(2)18(4)29(6)14-24(29)17(3)21-8-9-22(30(21,7)15-26(33)34)20-13-25(32)23-12-19(31)10-11-28(23,5)27(20)35/h12,16-18,20-22,24-25,27,32,35H,8-11,13-15H2,1-7H3,(H,33,34)/t17-,18+,20-,21+,22-,24+,25-,27-,28-,29-,30+/m0/s1. The molecule has 11 atom stereocenters. The largest absolute Gasteiger partial charge is 0.481 e. The van der Waals surface area contributed by atoms with Crippen LogP contribution in [0.2, 0.25) is 0 Å². The minimum absolute atomic E-state index is 0.0238. The van der Waals surface area contributed by atoms with E-state index in [4.69, 9.17) is 0 Å². The summed E-state index contributed by atoms with van der Waals surface area (Å²) in [6.45, 7) is 15.9. The lowest BCUT2D eigenvalue weighted by atomic mass is 9.53. The number of allylic oxidation sites excluding steroid dienone is 1. The highest BCUT2D eigenvalue weighted by atomic mass is 16.4. The van der Waals surface area contributed by atoms with Crippen molar-refractivity contribution in [2.75, 3.05) is 0 Å². The Hall–Kier alpha value is -1.20. The summed E-state index contributed by atoms with van der Waals surface area (Å²) in [6, 6.07) is 0. The molecule has 0 heterocycles. The minimum Gasteiger partial charge on any atom is -0.481 e. The van der Waals surface area contributed by atoms with Crippen LogP contribution in [-0.2, 0) is 9.59 Å². The van der Waals surface area contributed by atoms with Gasteiger partial charge in [-0.3, -0.25) is 9.59 Å². The fourth-order valence-corrected chi connectivity index (χ4v) is 9.32. The molecule has 4 rings (SSSR count). The molecular weight excluding hydrogens is 440 g/mol. The lowest BCUT2D eigenvalue weighted by Crippen LogP contribution is -2.54. The first-order valence-electron chi connectivity index (χ1n) is 14.0. The van der Waals surface area contributed by atoms with Gasteiger partial charge in [0.1, 0.15) is 0 Å². The van der Waals surface area contributed by atoms with E-state index in [1.165, 1.54) is 6.42 Å². The Labute approximate surface area is 211 Å². The molecule has 4 aliphatic rings. The Bertz CT molecular complexity index is 893. The zero-order chi connectivity index (χ0) is 26.1. The van der Waals surface area contributed by atoms with Gasteiger partial charge in [0, 0.05) is 11.8 Å². The SMILES string of the molecule is CC(C)[C@@H](C)[C@]1(C)C[C@@H]1[C@@H](C)[C@H]1CC[C@@H]([C@@H]2C[C@H](O)C3=CC(=O)CC[C@]3(C)[C@H]2O)[C@]1(C)CC(=O)O. The molecule has 0 bridgehead atoms. The maximum Gasteiger partial charge on any atom is 0.303 e. The highest BCUT2D eigenvalue weighted by molar-refractivity contribution is 5.91. The van der Waals surface area contributed by atoms with Gasteiger partial charge in [0.15, 0.2) is 5.78 Å². The van der Waals surface area contributed by atoms with Crippen molar-refractivity contribution in [3.63, 3.8) is 0 Å². The Morgan fingerprint density at radius 3 is 2.34 bits per heavy atom. The van der Waals surface area contributed by atoms with Crippen molar-refractivity contribution in [3.8, 4) is 0 Å². The summed E-state index contributed by atoms with van der Waals surface area (Å²) in [5.74, 6) is 1.71. The fraction of sp³-hybridized carbons (Fsp3) is 0.867. The van der Waals surface area contributed by atoms with Crippen LogP contribution in [0, 0.1) is 57.7 Å². The molecule has 3 N–H and O–H groups in total. The predicted octanol–water partition coefficient (Wildman–Crippen LogP) is 5.49. The molecule has 0 aromatic heterocycles. The van der Waals surface area contributed by atoms with Gasteiger partial charge in [0.2, 0.25) is 0 Å². The smallest absolute Gasteiger partial charge is 0.303 e. The molecule has 0 amide bonds. The molecule has 0 aliphatic heterocycles. The highest BCUT2D eigenvalue weighted by Crippen LogP contribution is 2.68. The van der Waals surface area contributed by atoms with E-state index in [9.17, 15) is 24.9 Å². The number of hydrogen-bond donors (Lipinski definition) is 3. The van der Waals surface area contributed by atoms with Gasteiger partial charge in [-0.05, 0) is 96.0 Å². The van der Waals surface area contributed by atoms with Gasteiger partial charge < -0.3 is 15.3 Å². The third-order valence-corrected chi connectivity index (χ3v) is 12.0. The number of carbonyl (C=O) groups is 2. The van der Waals surface area contributed by atoms with Crippen LogP contribution >= 0.6 is 0 Å². The van der Waals surface area contributed by atoms with Crippen molar-refractivity contribution in [3.05, 3.63) is 11.6 Å². The van der Waals surface area contributed by atoms with Crippen LogP contribution in [0.3, 0.4) is 0 Å². The lowest BCUT2D eigenvalue weighted by Gasteiger charge is -2.53. The molecule has 5 nitrogen and oxygen atoms in total. The predicted molar refractivity (Wildman–Crippen MR) is 137 cm³/mol. The minimum atomic E-state index is -0.772. The molecule has 4 aliphatic carbocycles. The number of fused-ring (bicyclic) bond motifs is 1. The Kier molecular flexibility index (Phi) is 6.88. The second kappa shape index (κ2) is 8.97. The molecule has 0 aromatic rings. The van der Waals surface area contributed by atoms with E-state index in [0.717, 1.165) is 12.8 Å². The molecule has 0 saturated heterocycles. The summed E-state index contributed by atoms with van der Waals surface area (Å²) < 4.78 is 0. The van der Waals surface area contributed by atoms with Gasteiger partial charge in [0.05, 0.1) is 18.6 Å². The van der Waals surface area contributed by atoms with E-state index >= 15 is 0 Å². The number of ketones is 1. The van der Waals surface area contributed by atoms with Crippen molar-refractivity contribution in [1.82, 2.24) is 0 Å². The Morgan fingerprint density at radius 2 is 1.74 bits per heavy atom. The van der Waals surface area contributed by atoms with E-state index < -0.39 is 29.0 Å². The van der Waals surface area contributed by atoms with E-state index in [-0.39, 0.29) is 30.0 Å². The molecule has 3 saturated carbocycles. The van der Waals surface area contributed by atoms with E-state index in [2.05, 4.69) is 41.5 Å². The van der Waals surface area contributed by atoms with E-state index in [1.54, 1.807) is 6.08 Å². The second-order valence-electron chi connectivity index (χ2n) is 13.9. The van der Waals surface area contributed by atoms with Crippen molar-refractivity contribution in [1.29, 1.82) is 0 Å². The number of hydrogen-bond acceptors (Lipinski definition) is 4. The number of carbonyl (C=O) groups excluding carboxylic acids is 1. The van der Waals surface area contributed by atoms with Gasteiger partial charge >= 0.3 is 5.97 Å². The number of rotatable bonds is 7. The molecule has 0 unspecified atom stereocenters. The van der Waals surface area contributed by atoms with Gasteiger partial charge in [0.25, 0.3) is 0 Å². The summed E-state index contributed by atoms with van der Waals surface area (Å²) in [7, 11) is 0. The van der Waals surface area contributed by atoms with Gasteiger partial charge in [-0.15, -0.1) is 0 Å².